The number of nitrogens with zero attached hydrogens (tertiary/aromatic N) is 2. The Bertz CT molecular complexity index is 1370. The highest BCUT2D eigenvalue weighted by molar-refractivity contribution is 7.89. The molecule has 0 aliphatic heterocycles. The summed E-state index contributed by atoms with van der Waals surface area (Å²) >= 11 is 1.32. The molecule has 0 saturated heterocycles. The summed E-state index contributed by atoms with van der Waals surface area (Å²) in [5.41, 5.74) is 2.90. The van der Waals surface area contributed by atoms with Gasteiger partial charge in [0.25, 0.3) is 5.91 Å². The number of carbonyl (C=O) groups is 1. The van der Waals surface area contributed by atoms with Crippen molar-refractivity contribution in [2.75, 3.05) is 14.1 Å². The summed E-state index contributed by atoms with van der Waals surface area (Å²) in [6.45, 7) is 0.0783. The number of hydrogen-bond acceptors (Lipinski definition) is 5. The Labute approximate surface area is 197 Å². The van der Waals surface area contributed by atoms with E-state index in [1.54, 1.807) is 24.3 Å². The quantitative estimate of drug-likeness (QED) is 0.420. The number of amides is 1. The second-order valence-electron chi connectivity index (χ2n) is 7.51. The third-order valence-corrected chi connectivity index (χ3v) is 8.09. The van der Waals surface area contributed by atoms with Gasteiger partial charge in [-0.15, -0.1) is 11.3 Å². The average Bonchev–Trinajstić information content (AvgIpc) is 3.29. The SMILES string of the molecule is CN(C)S(=O)(=O)c1ccccc1CNC(=O)c1sc(-c2ccccc2)nc1-c1ccccc1. The van der Waals surface area contributed by atoms with Crippen LogP contribution >= 0.6 is 11.3 Å². The van der Waals surface area contributed by atoms with Crippen molar-refractivity contribution in [1.82, 2.24) is 14.6 Å². The maximum atomic E-state index is 13.3. The molecule has 0 bridgehead atoms. The summed E-state index contributed by atoms with van der Waals surface area (Å²) in [6.07, 6.45) is 0. The van der Waals surface area contributed by atoms with Crippen molar-refractivity contribution in [2.24, 2.45) is 0 Å². The lowest BCUT2D eigenvalue weighted by molar-refractivity contribution is 0.0955. The van der Waals surface area contributed by atoms with Gasteiger partial charge in [-0.25, -0.2) is 17.7 Å². The largest absolute Gasteiger partial charge is 0.347 e. The summed E-state index contributed by atoms with van der Waals surface area (Å²) in [7, 11) is -0.660. The first kappa shape index (κ1) is 22.8. The Hall–Kier alpha value is -3.33. The van der Waals surface area contributed by atoms with Gasteiger partial charge in [0, 0.05) is 31.8 Å². The molecule has 1 heterocycles. The van der Waals surface area contributed by atoms with E-state index >= 15 is 0 Å². The molecule has 1 aromatic heterocycles. The Morgan fingerprint density at radius 1 is 0.879 bits per heavy atom. The molecule has 8 heteroatoms. The normalized spacial score (nSPS) is 11.5. The summed E-state index contributed by atoms with van der Waals surface area (Å²) in [5.74, 6) is -0.300. The molecular formula is C25H23N3O3S2. The third-order valence-electron chi connectivity index (χ3n) is 5.07. The maximum absolute atomic E-state index is 13.3. The molecule has 0 aliphatic rings. The van der Waals surface area contributed by atoms with Gasteiger partial charge < -0.3 is 5.32 Å². The van der Waals surface area contributed by atoms with Gasteiger partial charge in [-0.3, -0.25) is 4.79 Å². The fraction of sp³-hybridized carbons (Fsp3) is 0.120. The van der Waals surface area contributed by atoms with Gasteiger partial charge >= 0.3 is 0 Å². The van der Waals surface area contributed by atoms with Crippen molar-refractivity contribution in [3.05, 3.63) is 95.4 Å². The van der Waals surface area contributed by atoms with E-state index in [0.717, 1.165) is 20.4 Å². The lowest BCUT2D eigenvalue weighted by Gasteiger charge is -2.15. The number of rotatable bonds is 7. The third kappa shape index (κ3) is 4.88. The van der Waals surface area contributed by atoms with E-state index in [1.807, 2.05) is 60.7 Å². The van der Waals surface area contributed by atoms with Crippen LogP contribution in [0.2, 0.25) is 0 Å². The molecule has 0 atom stereocenters. The van der Waals surface area contributed by atoms with Crippen molar-refractivity contribution >= 4 is 27.3 Å². The van der Waals surface area contributed by atoms with Crippen LogP contribution in [0.3, 0.4) is 0 Å². The zero-order valence-electron chi connectivity index (χ0n) is 18.2. The monoisotopic (exact) mass is 477 g/mol. The van der Waals surface area contributed by atoms with Crippen LogP contribution in [0.1, 0.15) is 15.2 Å². The highest BCUT2D eigenvalue weighted by Gasteiger charge is 2.23. The van der Waals surface area contributed by atoms with Crippen LogP contribution in [0.25, 0.3) is 21.8 Å². The molecule has 33 heavy (non-hydrogen) atoms. The van der Waals surface area contributed by atoms with Crippen LogP contribution in [-0.2, 0) is 16.6 Å². The van der Waals surface area contributed by atoms with E-state index in [-0.39, 0.29) is 17.3 Å². The second kappa shape index (κ2) is 9.66. The van der Waals surface area contributed by atoms with Gasteiger partial charge in [0.2, 0.25) is 10.0 Å². The first-order chi connectivity index (χ1) is 15.9. The van der Waals surface area contributed by atoms with Crippen LogP contribution < -0.4 is 5.32 Å². The molecule has 0 spiro atoms. The number of sulfonamides is 1. The van der Waals surface area contributed by atoms with Crippen molar-refractivity contribution in [3.8, 4) is 21.8 Å². The van der Waals surface area contributed by atoms with E-state index in [0.29, 0.717) is 16.1 Å². The fourth-order valence-electron chi connectivity index (χ4n) is 3.32. The van der Waals surface area contributed by atoms with Crippen LogP contribution in [0, 0.1) is 0 Å². The molecule has 3 aromatic carbocycles. The van der Waals surface area contributed by atoms with Crippen LogP contribution in [0.5, 0.6) is 0 Å². The van der Waals surface area contributed by atoms with Crippen molar-refractivity contribution in [1.29, 1.82) is 0 Å². The summed E-state index contributed by atoms with van der Waals surface area (Å²) < 4.78 is 26.5. The minimum atomic E-state index is -3.63. The summed E-state index contributed by atoms with van der Waals surface area (Å²) in [4.78, 5) is 18.7. The molecular weight excluding hydrogens is 454 g/mol. The summed E-state index contributed by atoms with van der Waals surface area (Å²) in [6, 6.07) is 25.9. The van der Waals surface area contributed by atoms with E-state index in [1.165, 1.54) is 25.4 Å². The Balaban J connectivity index is 1.67. The van der Waals surface area contributed by atoms with Gasteiger partial charge in [-0.1, -0.05) is 78.9 Å². The molecule has 1 N–H and O–H groups in total. The van der Waals surface area contributed by atoms with Gasteiger partial charge in [-0.2, -0.15) is 0 Å². The predicted molar refractivity (Wildman–Crippen MR) is 131 cm³/mol. The van der Waals surface area contributed by atoms with Crippen LogP contribution in [0.15, 0.2) is 89.8 Å². The number of aromatic nitrogens is 1. The molecule has 6 nitrogen and oxygen atoms in total. The van der Waals surface area contributed by atoms with E-state index < -0.39 is 10.0 Å². The zero-order chi connectivity index (χ0) is 23.4. The number of hydrogen-bond donors (Lipinski definition) is 1. The Morgan fingerprint density at radius 2 is 1.45 bits per heavy atom. The lowest BCUT2D eigenvalue weighted by atomic mass is 10.1. The molecule has 168 valence electrons. The second-order valence-corrected chi connectivity index (χ2v) is 10.6. The first-order valence-corrected chi connectivity index (χ1v) is 12.5. The van der Waals surface area contributed by atoms with E-state index in [9.17, 15) is 13.2 Å². The molecule has 4 aromatic rings. The van der Waals surface area contributed by atoms with Gasteiger partial charge in [-0.05, 0) is 11.6 Å². The van der Waals surface area contributed by atoms with Gasteiger partial charge in [0.1, 0.15) is 9.88 Å². The van der Waals surface area contributed by atoms with Crippen molar-refractivity contribution < 1.29 is 13.2 Å². The molecule has 0 saturated carbocycles. The van der Waals surface area contributed by atoms with Crippen LogP contribution in [-0.4, -0.2) is 37.7 Å². The zero-order valence-corrected chi connectivity index (χ0v) is 19.9. The molecule has 0 unspecified atom stereocenters. The highest BCUT2D eigenvalue weighted by Crippen LogP contribution is 2.34. The standard InChI is InChI=1S/C25H23N3O3S2/c1-28(2)33(30,31)21-16-10-9-15-20(21)17-26-24(29)23-22(18-11-5-3-6-12-18)27-25(32-23)19-13-7-4-8-14-19/h3-16H,17H2,1-2H3,(H,26,29). The predicted octanol–water partition coefficient (Wildman–Crippen LogP) is 4.66. The van der Waals surface area contributed by atoms with Crippen molar-refractivity contribution in [3.63, 3.8) is 0 Å². The van der Waals surface area contributed by atoms with Gasteiger partial charge in [0.05, 0.1) is 10.6 Å². The highest BCUT2D eigenvalue weighted by atomic mass is 32.2. The molecule has 0 fully saturated rings. The fourth-order valence-corrected chi connectivity index (χ4v) is 5.45. The number of benzene rings is 3. The Morgan fingerprint density at radius 3 is 2.09 bits per heavy atom. The van der Waals surface area contributed by atoms with E-state index in [2.05, 4.69) is 5.32 Å². The van der Waals surface area contributed by atoms with Gasteiger partial charge in [0.15, 0.2) is 0 Å². The molecule has 0 aliphatic carbocycles. The molecule has 1 amide bonds. The lowest BCUT2D eigenvalue weighted by Crippen LogP contribution is -2.27. The molecule has 4 rings (SSSR count). The van der Waals surface area contributed by atoms with Crippen LogP contribution in [0.4, 0.5) is 0 Å². The Kier molecular flexibility index (Phi) is 6.69. The smallest absolute Gasteiger partial charge is 0.263 e. The number of nitrogens with one attached hydrogen (secondary N) is 1. The maximum Gasteiger partial charge on any atom is 0.263 e. The van der Waals surface area contributed by atoms with Crippen molar-refractivity contribution in [2.45, 2.75) is 11.4 Å². The topological polar surface area (TPSA) is 79.4 Å². The van der Waals surface area contributed by atoms with E-state index in [4.69, 9.17) is 4.98 Å². The average molecular weight is 478 g/mol. The molecule has 0 radical (unpaired) electrons. The number of thiazole rings is 1. The minimum Gasteiger partial charge on any atom is -0.347 e. The first-order valence-electron chi connectivity index (χ1n) is 10.3. The summed E-state index contributed by atoms with van der Waals surface area (Å²) in [5, 5.41) is 3.64. The number of carbonyl (C=O) groups excluding carboxylic acids is 1. The minimum absolute atomic E-state index is 0.0783.